The molecule has 7 rings (SSSR count). The van der Waals surface area contributed by atoms with Gasteiger partial charge in [0.1, 0.15) is 26.1 Å². The standard InChI is InChI=1S/C15H19Cl3N2O3S.C14H21N3O2S.C12H18N2OS.C10H15NO2S/c1-14(2,3)10-7-9(19-13(22)23-8-15(16,17)18)11(24-10)12(21)20-5-4-6-20;1-14(2,3)10-8-9(16-13(19)15-4)11(20-10)12(18)17-6-5-7-17;1-12(2,3)9-7-8(13)10(16-9)11(15)14-5-4-6-14;1-10(2,3)7-5-6(11)8(14-7)9(12)13-4/h7H,4-6,8H2,1-3H3,(H,19,22);8H,5-7H2,1-4H3,(H2,15,16,19);7H,4-6,13H2,1-3H3;5H,11H2,1-4H3. The molecule has 16 nitrogen and oxygen atoms in total. The molecule has 3 aliphatic heterocycles. The van der Waals surface area contributed by atoms with Crippen molar-refractivity contribution in [2.45, 2.75) is 128 Å². The fraction of sp³-hybridized carbons (Fsp3) is 0.569. The third kappa shape index (κ3) is 17.4. The molecule has 410 valence electrons. The Bertz CT molecular complexity index is 2630. The van der Waals surface area contributed by atoms with E-state index in [9.17, 15) is 28.8 Å². The van der Waals surface area contributed by atoms with Crippen molar-refractivity contribution in [1.82, 2.24) is 20.0 Å². The van der Waals surface area contributed by atoms with E-state index in [-0.39, 0.29) is 58.0 Å². The van der Waals surface area contributed by atoms with E-state index < -0.39 is 9.89 Å². The van der Waals surface area contributed by atoms with Gasteiger partial charge < -0.3 is 46.3 Å². The van der Waals surface area contributed by atoms with Crippen LogP contribution in [0.15, 0.2) is 24.3 Å². The van der Waals surface area contributed by atoms with Crippen molar-refractivity contribution >= 4 is 139 Å². The number of nitrogens with one attached hydrogen (secondary N) is 3. The molecule has 0 saturated carbocycles. The molecule has 0 atom stereocenters. The van der Waals surface area contributed by atoms with Crippen molar-refractivity contribution in [2.75, 3.05) is 82.1 Å². The average molecular weight is 1160 g/mol. The van der Waals surface area contributed by atoms with Gasteiger partial charge in [0, 0.05) is 65.8 Å². The minimum Gasteiger partial charge on any atom is -0.465 e. The maximum atomic E-state index is 12.6. The Kier molecular flexibility index (Phi) is 21.2. The van der Waals surface area contributed by atoms with Gasteiger partial charge >= 0.3 is 18.1 Å². The first kappa shape index (κ1) is 62.2. The highest BCUT2D eigenvalue weighted by atomic mass is 35.6. The molecule has 0 bridgehead atoms. The summed E-state index contributed by atoms with van der Waals surface area (Å²) in [5.41, 5.74) is 13.7. The number of likely N-dealkylation sites (tertiary alicyclic amines) is 3. The molecule has 0 unspecified atom stereocenters. The molecule has 0 aliphatic carbocycles. The lowest BCUT2D eigenvalue weighted by molar-refractivity contribution is 0.0604. The van der Waals surface area contributed by atoms with Crippen LogP contribution in [-0.2, 0) is 31.1 Å². The number of nitrogen functional groups attached to an aromatic ring is 2. The largest absolute Gasteiger partial charge is 0.465 e. The lowest BCUT2D eigenvalue weighted by atomic mass is 9.94. The van der Waals surface area contributed by atoms with Gasteiger partial charge in [-0.05, 0) is 65.2 Å². The summed E-state index contributed by atoms with van der Waals surface area (Å²) in [6.45, 7) is 29.5. The van der Waals surface area contributed by atoms with Gasteiger partial charge in [-0.3, -0.25) is 19.7 Å². The lowest BCUT2D eigenvalue weighted by Gasteiger charge is -2.30. The smallest absolute Gasteiger partial charge is 0.411 e. The number of anilines is 4. The van der Waals surface area contributed by atoms with Crippen LogP contribution < -0.4 is 27.4 Å². The molecular weight excluding hydrogens is 1090 g/mol. The molecule has 23 heteroatoms. The average Bonchev–Trinajstić information content (AvgIpc) is 4.03. The number of urea groups is 1. The van der Waals surface area contributed by atoms with Gasteiger partial charge in [-0.25, -0.2) is 14.4 Å². The topological polar surface area (TPSA) is 219 Å². The summed E-state index contributed by atoms with van der Waals surface area (Å²) in [5.74, 6) is -0.325. The zero-order valence-corrected chi connectivity index (χ0v) is 50.4. The lowest BCUT2D eigenvalue weighted by Crippen LogP contribution is -2.42. The summed E-state index contributed by atoms with van der Waals surface area (Å²) in [4.78, 5) is 83.8. The van der Waals surface area contributed by atoms with Crippen molar-refractivity contribution in [3.8, 4) is 0 Å². The van der Waals surface area contributed by atoms with E-state index in [1.165, 1.54) is 57.3 Å². The van der Waals surface area contributed by atoms with Crippen LogP contribution in [0, 0.1) is 0 Å². The van der Waals surface area contributed by atoms with Gasteiger partial charge in [0.2, 0.25) is 3.79 Å². The fourth-order valence-electron chi connectivity index (χ4n) is 6.46. The molecule has 0 radical (unpaired) electrons. The molecule has 74 heavy (non-hydrogen) atoms. The Balaban J connectivity index is 0.000000218. The first-order valence-electron chi connectivity index (χ1n) is 24.1. The van der Waals surface area contributed by atoms with Gasteiger partial charge in [-0.1, -0.05) is 118 Å². The zero-order valence-electron chi connectivity index (χ0n) is 44.9. The van der Waals surface area contributed by atoms with Crippen LogP contribution in [0.4, 0.5) is 32.3 Å². The number of nitrogens with zero attached hydrogens (tertiary/aromatic N) is 3. The van der Waals surface area contributed by atoms with E-state index >= 15 is 0 Å². The number of ether oxygens (including phenoxy) is 2. The molecule has 3 aliphatic rings. The number of alkyl halides is 3. The Hall–Kier alpha value is -4.31. The van der Waals surface area contributed by atoms with Crippen molar-refractivity contribution < 1.29 is 38.2 Å². The van der Waals surface area contributed by atoms with Crippen LogP contribution in [0.3, 0.4) is 0 Å². The Labute approximate surface area is 467 Å². The third-order valence-electron chi connectivity index (χ3n) is 11.4. The van der Waals surface area contributed by atoms with Gasteiger partial charge in [0.15, 0.2) is 0 Å². The number of rotatable bonds is 7. The number of carbonyl (C=O) groups is 6. The molecule has 4 aromatic rings. The van der Waals surface area contributed by atoms with Crippen LogP contribution in [0.25, 0.3) is 0 Å². The maximum absolute atomic E-state index is 12.6. The monoisotopic (exact) mass is 1160 g/mol. The molecule has 7 heterocycles. The summed E-state index contributed by atoms with van der Waals surface area (Å²) in [5, 5.41) is 7.85. The summed E-state index contributed by atoms with van der Waals surface area (Å²) in [6.07, 6.45) is 2.40. The van der Waals surface area contributed by atoms with Crippen LogP contribution in [-0.4, -0.2) is 114 Å². The molecule has 3 saturated heterocycles. The van der Waals surface area contributed by atoms with E-state index in [1.54, 1.807) is 18.0 Å². The minimum absolute atomic E-state index is 0.0168. The molecule has 4 aromatic heterocycles. The zero-order chi connectivity index (χ0) is 55.9. The normalized spacial score (nSPS) is 14.5. The Morgan fingerprint density at radius 2 is 0.865 bits per heavy atom. The van der Waals surface area contributed by atoms with Crippen molar-refractivity contribution in [1.29, 1.82) is 0 Å². The second-order valence-electron chi connectivity index (χ2n) is 21.9. The first-order valence-corrected chi connectivity index (χ1v) is 28.5. The predicted octanol–water partition coefficient (Wildman–Crippen LogP) is 12.3. The van der Waals surface area contributed by atoms with Gasteiger partial charge in [-0.2, -0.15) is 0 Å². The van der Waals surface area contributed by atoms with E-state index in [0.29, 0.717) is 42.3 Å². The number of thiophene rings is 4. The van der Waals surface area contributed by atoms with Crippen LogP contribution in [0.2, 0.25) is 0 Å². The maximum Gasteiger partial charge on any atom is 0.411 e. The van der Waals surface area contributed by atoms with E-state index in [1.807, 2.05) is 48.8 Å². The SMILES string of the molecule is CC(C)(C)c1cc(N)c(C(=O)N2CCC2)s1.CC(C)(C)c1cc(NC(=O)OCC(Cl)(Cl)Cl)c(C(=O)N2CCC2)s1.CNC(=O)Nc1cc(C(C)(C)C)sc1C(=O)N1CCC1.COC(=O)c1sc(C(C)(C)C)cc1N. The fourth-order valence-corrected chi connectivity index (χ4v) is 11.1. The minimum atomic E-state index is -1.68. The second kappa shape index (κ2) is 25.2. The highest BCUT2D eigenvalue weighted by Gasteiger charge is 2.32. The molecular formula is C51H73Cl3N8O8S4. The summed E-state index contributed by atoms with van der Waals surface area (Å²) in [6, 6.07) is 7.19. The number of halogens is 3. The number of hydrogen-bond donors (Lipinski definition) is 5. The Morgan fingerprint density at radius 1 is 0.541 bits per heavy atom. The second-order valence-corrected chi connectivity index (χ2v) is 28.7. The number of amides is 6. The third-order valence-corrected chi connectivity index (χ3v) is 18.0. The summed E-state index contributed by atoms with van der Waals surface area (Å²) >= 11 is 22.5. The van der Waals surface area contributed by atoms with Crippen LogP contribution in [0.5, 0.6) is 0 Å². The Morgan fingerprint density at radius 3 is 1.18 bits per heavy atom. The number of methoxy groups -OCH3 is 1. The summed E-state index contributed by atoms with van der Waals surface area (Å²) in [7, 11) is 2.92. The first-order chi connectivity index (χ1) is 34.0. The number of hydrogen-bond acceptors (Lipinski definition) is 14. The quantitative estimate of drug-likeness (QED) is 0.0871. The van der Waals surface area contributed by atoms with Gasteiger partial charge in [0.25, 0.3) is 17.7 Å². The number of carbonyl (C=O) groups excluding carboxylic acids is 6. The van der Waals surface area contributed by atoms with Crippen molar-refractivity contribution in [2.24, 2.45) is 0 Å². The van der Waals surface area contributed by atoms with Gasteiger partial charge in [0.05, 0.1) is 29.9 Å². The molecule has 7 N–H and O–H groups in total. The van der Waals surface area contributed by atoms with E-state index in [0.717, 1.165) is 73.2 Å². The van der Waals surface area contributed by atoms with Crippen molar-refractivity contribution in [3.05, 3.63) is 63.3 Å². The predicted molar refractivity (Wildman–Crippen MR) is 307 cm³/mol. The highest BCUT2D eigenvalue weighted by molar-refractivity contribution is 7.16. The molecule has 0 spiro atoms. The van der Waals surface area contributed by atoms with E-state index in [4.69, 9.17) is 51.0 Å². The molecule has 6 amide bonds. The highest BCUT2D eigenvalue weighted by Crippen LogP contribution is 2.40. The van der Waals surface area contributed by atoms with Crippen LogP contribution >= 0.6 is 80.1 Å². The molecule has 0 aromatic carbocycles. The van der Waals surface area contributed by atoms with Crippen LogP contribution in [0.1, 0.15) is 161 Å². The number of esters is 1. The van der Waals surface area contributed by atoms with E-state index in [2.05, 4.69) is 83.0 Å². The molecule has 3 fully saturated rings. The summed E-state index contributed by atoms with van der Waals surface area (Å²) < 4.78 is 7.83. The number of nitrogens with two attached hydrogens (primary N) is 2. The van der Waals surface area contributed by atoms with Gasteiger partial charge in [-0.15, -0.1) is 45.3 Å². The van der Waals surface area contributed by atoms with Crippen molar-refractivity contribution in [3.63, 3.8) is 0 Å².